The van der Waals surface area contributed by atoms with Crippen molar-refractivity contribution in [2.75, 3.05) is 36.5 Å². The van der Waals surface area contributed by atoms with Gasteiger partial charge in [-0.25, -0.2) is 9.50 Å². The lowest BCUT2D eigenvalue weighted by Crippen LogP contribution is -2.58. The van der Waals surface area contributed by atoms with Gasteiger partial charge in [0.25, 0.3) is 0 Å². The largest absolute Gasteiger partial charge is 0.381 e. The third kappa shape index (κ3) is 3.37. The van der Waals surface area contributed by atoms with E-state index in [1.165, 1.54) is 5.69 Å². The zero-order valence-electron chi connectivity index (χ0n) is 19.6. The summed E-state index contributed by atoms with van der Waals surface area (Å²) in [7, 11) is 0. The normalized spacial score (nSPS) is 18.1. The summed E-state index contributed by atoms with van der Waals surface area (Å²) in [6.45, 7) is 8.05. The number of imidazole rings is 1. The highest BCUT2D eigenvalue weighted by Crippen LogP contribution is 2.43. The Morgan fingerprint density at radius 1 is 1.15 bits per heavy atom. The van der Waals surface area contributed by atoms with Crippen molar-refractivity contribution in [3.63, 3.8) is 0 Å². The molecule has 0 saturated carbocycles. The van der Waals surface area contributed by atoms with E-state index >= 15 is 0 Å². The van der Waals surface area contributed by atoms with Crippen LogP contribution in [0.1, 0.15) is 42.5 Å². The Morgan fingerprint density at radius 3 is 2.76 bits per heavy atom. The molecule has 0 aliphatic carbocycles. The highest BCUT2D eigenvalue weighted by Gasteiger charge is 2.43. The molecule has 2 saturated heterocycles. The maximum atomic E-state index is 9.45. The van der Waals surface area contributed by atoms with Crippen LogP contribution >= 0.6 is 0 Å². The minimum atomic E-state index is -0.0110. The van der Waals surface area contributed by atoms with E-state index in [0.29, 0.717) is 11.0 Å². The molecule has 1 unspecified atom stereocenters. The van der Waals surface area contributed by atoms with Crippen molar-refractivity contribution in [2.45, 2.75) is 32.7 Å². The van der Waals surface area contributed by atoms with E-state index in [2.05, 4.69) is 52.5 Å². The molecule has 1 N–H and O–H groups in total. The molecule has 0 amide bonds. The number of benzene rings is 2. The Balaban J connectivity index is 1.37. The van der Waals surface area contributed by atoms with E-state index in [4.69, 9.17) is 9.84 Å². The van der Waals surface area contributed by atoms with Gasteiger partial charge in [0.2, 0.25) is 0 Å². The van der Waals surface area contributed by atoms with Gasteiger partial charge in [0.1, 0.15) is 0 Å². The molecule has 6 rings (SSSR count). The average Bonchev–Trinajstić information content (AvgIpc) is 3.31. The smallest absolute Gasteiger partial charge is 0.161 e. The van der Waals surface area contributed by atoms with Crippen LogP contribution in [0.3, 0.4) is 0 Å². The van der Waals surface area contributed by atoms with E-state index in [9.17, 15) is 5.26 Å². The Bertz CT molecular complexity index is 1420. The van der Waals surface area contributed by atoms with Crippen LogP contribution in [0, 0.1) is 23.7 Å². The number of anilines is 2. The van der Waals surface area contributed by atoms with Crippen molar-refractivity contribution in [1.82, 2.24) is 14.6 Å². The summed E-state index contributed by atoms with van der Waals surface area (Å²) in [5.74, 6) is 0.818. The molecule has 34 heavy (non-hydrogen) atoms. The number of hydrogen-bond donors (Lipinski definition) is 1. The van der Waals surface area contributed by atoms with E-state index in [0.717, 1.165) is 72.5 Å². The molecular weight excluding hydrogens is 424 g/mol. The molecule has 2 aliphatic heterocycles. The van der Waals surface area contributed by atoms with Crippen LogP contribution in [0.25, 0.3) is 16.4 Å². The first kappa shape index (κ1) is 20.9. The Labute approximate surface area is 199 Å². The van der Waals surface area contributed by atoms with Gasteiger partial charge in [-0.1, -0.05) is 12.1 Å². The topological polar surface area (TPSA) is 78.5 Å². The van der Waals surface area contributed by atoms with E-state index in [1.807, 2.05) is 29.8 Å². The number of ether oxygens (including phenoxy) is 1. The molecule has 1 spiro atoms. The second kappa shape index (κ2) is 8.00. The molecule has 7 heteroatoms. The third-order valence-electron chi connectivity index (χ3n) is 7.62. The van der Waals surface area contributed by atoms with Crippen LogP contribution in [0.2, 0.25) is 0 Å². The van der Waals surface area contributed by atoms with Gasteiger partial charge in [0.05, 0.1) is 17.7 Å². The van der Waals surface area contributed by atoms with Crippen LogP contribution in [0.4, 0.5) is 11.5 Å². The SMILES string of the molecule is Cc1c(C#N)cccc1C(C)Nc1nn2ccnc2c2ccc(N3CC4(CCOCC4)C3)cc12. The van der Waals surface area contributed by atoms with Crippen molar-refractivity contribution < 1.29 is 4.74 Å². The van der Waals surface area contributed by atoms with Gasteiger partial charge in [0.15, 0.2) is 11.5 Å². The van der Waals surface area contributed by atoms with E-state index in [-0.39, 0.29) is 6.04 Å². The molecule has 2 fully saturated rings. The van der Waals surface area contributed by atoms with Gasteiger partial charge in [-0.3, -0.25) is 0 Å². The fraction of sp³-hybridized carbons (Fsp3) is 0.370. The number of nitrogens with one attached hydrogen (secondary N) is 1. The summed E-state index contributed by atoms with van der Waals surface area (Å²) in [6.07, 6.45) is 5.97. The van der Waals surface area contributed by atoms with Gasteiger partial charge in [-0.15, -0.1) is 5.10 Å². The standard InChI is InChI=1S/C27H28N6O/c1-18-20(15-28)4-3-5-22(18)19(2)30-25-24-14-21(32-16-27(17-32)8-12-34-13-9-27)6-7-23(24)26-29-10-11-33(26)31-25/h3-7,10-11,14,19H,8-9,12-13,16-17H2,1-2H3,(H,30,31). The first-order valence-electron chi connectivity index (χ1n) is 11.9. The number of nitriles is 1. The Hall–Kier alpha value is -3.63. The summed E-state index contributed by atoms with van der Waals surface area (Å²) >= 11 is 0. The predicted octanol–water partition coefficient (Wildman–Crippen LogP) is 4.85. The molecule has 7 nitrogen and oxygen atoms in total. The van der Waals surface area contributed by atoms with Crippen molar-refractivity contribution in [3.05, 3.63) is 65.5 Å². The minimum absolute atomic E-state index is 0.0110. The highest BCUT2D eigenvalue weighted by molar-refractivity contribution is 6.01. The first-order chi connectivity index (χ1) is 16.6. The number of fused-ring (bicyclic) bond motifs is 3. The van der Waals surface area contributed by atoms with Crippen LogP contribution in [0.5, 0.6) is 0 Å². The molecule has 0 radical (unpaired) electrons. The molecule has 172 valence electrons. The number of hydrogen-bond acceptors (Lipinski definition) is 6. The molecule has 0 bridgehead atoms. The van der Waals surface area contributed by atoms with Gasteiger partial charge in [-0.2, -0.15) is 5.26 Å². The average molecular weight is 453 g/mol. The highest BCUT2D eigenvalue weighted by atomic mass is 16.5. The first-order valence-corrected chi connectivity index (χ1v) is 11.9. The number of aromatic nitrogens is 3. The fourth-order valence-electron chi connectivity index (χ4n) is 5.55. The molecular formula is C27H28N6O. The second-order valence-electron chi connectivity index (χ2n) is 9.74. The third-order valence-corrected chi connectivity index (χ3v) is 7.62. The molecule has 2 aliphatic rings. The lowest BCUT2D eigenvalue weighted by Gasteiger charge is -2.53. The van der Waals surface area contributed by atoms with Gasteiger partial charge in [-0.05, 0) is 62.1 Å². The Morgan fingerprint density at radius 2 is 1.97 bits per heavy atom. The van der Waals surface area contributed by atoms with Crippen molar-refractivity contribution in [2.24, 2.45) is 5.41 Å². The van der Waals surface area contributed by atoms with Crippen molar-refractivity contribution >= 4 is 27.9 Å². The Kier molecular flexibility index (Phi) is 4.93. The minimum Gasteiger partial charge on any atom is -0.381 e. The quantitative estimate of drug-likeness (QED) is 0.477. The number of nitrogens with zero attached hydrogens (tertiary/aromatic N) is 5. The summed E-state index contributed by atoms with van der Waals surface area (Å²) in [4.78, 5) is 7.01. The lowest BCUT2D eigenvalue weighted by atomic mass is 9.73. The summed E-state index contributed by atoms with van der Waals surface area (Å²) in [5, 5.41) is 20.1. The van der Waals surface area contributed by atoms with E-state index in [1.54, 1.807) is 6.20 Å². The second-order valence-corrected chi connectivity index (χ2v) is 9.74. The summed E-state index contributed by atoms with van der Waals surface area (Å²) < 4.78 is 7.41. The van der Waals surface area contributed by atoms with Crippen LogP contribution in [-0.4, -0.2) is 40.9 Å². The van der Waals surface area contributed by atoms with Crippen LogP contribution in [-0.2, 0) is 4.74 Å². The predicted molar refractivity (Wildman–Crippen MR) is 133 cm³/mol. The van der Waals surface area contributed by atoms with Gasteiger partial charge < -0.3 is 15.0 Å². The molecule has 4 aromatic rings. The summed E-state index contributed by atoms with van der Waals surface area (Å²) in [5.41, 5.74) is 5.29. The maximum Gasteiger partial charge on any atom is 0.161 e. The molecule has 4 heterocycles. The summed E-state index contributed by atoms with van der Waals surface area (Å²) in [6, 6.07) is 14.8. The molecule has 2 aromatic heterocycles. The number of rotatable bonds is 4. The lowest BCUT2D eigenvalue weighted by molar-refractivity contribution is -0.000183. The fourth-order valence-corrected chi connectivity index (χ4v) is 5.55. The van der Waals surface area contributed by atoms with Gasteiger partial charge >= 0.3 is 0 Å². The molecule has 1 atom stereocenters. The van der Waals surface area contributed by atoms with Crippen molar-refractivity contribution in [3.8, 4) is 6.07 Å². The maximum absolute atomic E-state index is 9.45. The monoisotopic (exact) mass is 452 g/mol. The zero-order valence-corrected chi connectivity index (χ0v) is 19.6. The van der Waals surface area contributed by atoms with Crippen LogP contribution < -0.4 is 10.2 Å². The van der Waals surface area contributed by atoms with Crippen LogP contribution in [0.15, 0.2) is 48.8 Å². The zero-order chi connectivity index (χ0) is 23.3. The van der Waals surface area contributed by atoms with E-state index < -0.39 is 0 Å². The van der Waals surface area contributed by atoms with Crippen molar-refractivity contribution in [1.29, 1.82) is 5.26 Å². The molecule has 2 aromatic carbocycles. The van der Waals surface area contributed by atoms with Gasteiger partial charge in [0, 0.05) is 60.6 Å².